The first kappa shape index (κ1) is 26.2. The van der Waals surface area contributed by atoms with Crippen LogP contribution in [0.2, 0.25) is 0 Å². The molecule has 3 nitrogen and oxygen atoms in total. The molecule has 0 aliphatic heterocycles. The first-order chi connectivity index (χ1) is 18.7. The summed E-state index contributed by atoms with van der Waals surface area (Å²) in [4.78, 5) is 9.67. The highest BCUT2D eigenvalue weighted by Crippen LogP contribution is 2.27. The lowest BCUT2D eigenvalue weighted by molar-refractivity contribution is 1.25. The number of rotatable bonds is 4. The molecule has 2 heterocycles. The van der Waals surface area contributed by atoms with Gasteiger partial charge in [-0.3, -0.25) is 0 Å². The third-order valence-electron chi connectivity index (χ3n) is 5.90. The number of nitrogens with one attached hydrogen (secondary N) is 1. The first-order valence-corrected chi connectivity index (χ1v) is 17.0. The summed E-state index contributed by atoms with van der Waals surface area (Å²) in [7, 11) is 3.95. The van der Waals surface area contributed by atoms with E-state index >= 15 is 0 Å². The monoisotopic (exact) mass is 583 g/mol. The van der Waals surface area contributed by atoms with Crippen molar-refractivity contribution in [3.05, 3.63) is 121 Å². The molecule has 6 aromatic rings. The van der Waals surface area contributed by atoms with Crippen LogP contribution < -0.4 is 5.32 Å². The van der Waals surface area contributed by atoms with Gasteiger partial charge in [0.25, 0.3) is 0 Å². The molecule has 0 saturated heterocycles. The van der Waals surface area contributed by atoms with E-state index in [1.807, 2.05) is 36.4 Å². The van der Waals surface area contributed by atoms with Gasteiger partial charge in [0.05, 0.1) is 11.4 Å². The summed E-state index contributed by atoms with van der Waals surface area (Å²) < 4.78 is 0. The summed E-state index contributed by atoms with van der Waals surface area (Å²) >= 11 is 8.89. The van der Waals surface area contributed by atoms with Crippen LogP contribution in [0.1, 0.15) is 0 Å². The Morgan fingerprint density at radius 2 is 0.921 bits per heavy atom. The smallest absolute Gasteiger partial charge is 0.132 e. The van der Waals surface area contributed by atoms with E-state index in [0.717, 1.165) is 34.2 Å². The molecule has 0 unspecified atom stereocenters. The molecule has 6 rings (SSSR count). The zero-order chi connectivity index (χ0) is 26.2. The molecule has 0 saturated carbocycles. The van der Waals surface area contributed by atoms with Crippen LogP contribution in [-0.4, -0.2) is 9.97 Å². The molecule has 0 atom stereocenters. The van der Waals surface area contributed by atoms with E-state index in [1.165, 1.54) is 48.2 Å². The average Bonchev–Trinajstić information content (AvgIpc) is 2.98. The molecule has 0 aliphatic carbocycles. The van der Waals surface area contributed by atoms with Crippen LogP contribution in [0.3, 0.4) is 0 Å². The van der Waals surface area contributed by atoms with Gasteiger partial charge in [-0.15, -0.1) is 0 Å². The van der Waals surface area contributed by atoms with E-state index in [9.17, 15) is 0 Å². The minimum Gasteiger partial charge on any atom is -0.325 e. The topological polar surface area (TPSA) is 37.8 Å². The van der Waals surface area contributed by atoms with Crippen molar-refractivity contribution in [1.29, 1.82) is 0 Å². The van der Waals surface area contributed by atoms with Gasteiger partial charge in [0, 0.05) is 60.1 Å². The predicted octanol–water partition coefficient (Wildman–Crippen LogP) is 7.85. The van der Waals surface area contributed by atoms with Crippen molar-refractivity contribution in [2.75, 3.05) is 5.32 Å². The van der Waals surface area contributed by atoms with Crippen molar-refractivity contribution in [2.24, 2.45) is 0 Å². The van der Waals surface area contributed by atoms with Crippen LogP contribution in [-0.2, 0) is 49.0 Å². The van der Waals surface area contributed by atoms with Crippen LogP contribution in [0.5, 0.6) is 0 Å². The molecule has 0 amide bonds. The van der Waals surface area contributed by atoms with Gasteiger partial charge in [0.15, 0.2) is 0 Å². The number of hydrogen-bond donors (Lipinski definition) is 1. The van der Waals surface area contributed by atoms with Gasteiger partial charge in [-0.1, -0.05) is 84.9 Å². The fraction of sp³-hybridized carbons (Fsp3) is 0. The predicted molar refractivity (Wildman–Crippen MR) is 174 cm³/mol. The molecule has 0 bridgehead atoms. The largest absolute Gasteiger partial charge is 0.325 e. The molecular weight excluding hydrogens is 563 g/mol. The third-order valence-corrected chi connectivity index (χ3v) is 10.3. The number of benzene rings is 4. The maximum absolute atomic E-state index is 4.84. The lowest BCUT2D eigenvalue weighted by Gasteiger charge is -2.10. The Morgan fingerprint density at radius 3 is 1.34 bits per heavy atom. The van der Waals surface area contributed by atoms with Gasteiger partial charge in [-0.05, 0) is 57.9 Å². The summed E-state index contributed by atoms with van der Waals surface area (Å²) in [6.45, 7) is 0. The molecule has 0 spiro atoms. The van der Waals surface area contributed by atoms with Crippen molar-refractivity contribution in [2.45, 2.75) is 0 Å². The lowest BCUT2D eigenvalue weighted by atomic mass is 10.0. The second kappa shape index (κ2) is 12.9. The number of aromatic nitrogens is 2. The Balaban J connectivity index is 0.000000540. The summed E-state index contributed by atoms with van der Waals surface area (Å²) in [6.07, 6.45) is 0. The van der Waals surface area contributed by atoms with Gasteiger partial charge in [0.1, 0.15) is 11.6 Å². The number of hydrogen-bond acceptors (Lipinski definition) is 5. The van der Waals surface area contributed by atoms with Crippen LogP contribution in [0.4, 0.5) is 11.6 Å². The number of anilines is 2. The summed E-state index contributed by atoms with van der Waals surface area (Å²) in [5, 5.41) is 8.25. The normalized spacial score (nSPS) is 10.3. The van der Waals surface area contributed by atoms with E-state index < -0.39 is 0 Å². The molecular formula is C30H21N3S5. The Kier molecular flexibility index (Phi) is 8.90. The van der Waals surface area contributed by atoms with Gasteiger partial charge < -0.3 is 5.32 Å². The molecule has 1 N–H and O–H groups in total. The summed E-state index contributed by atoms with van der Waals surface area (Å²) in [5.74, 6) is 1.53. The number of fused-ring (bicyclic) bond motifs is 2. The molecule has 8 heteroatoms. The van der Waals surface area contributed by atoms with Crippen LogP contribution in [0, 0.1) is 0 Å². The van der Waals surface area contributed by atoms with E-state index in [1.54, 1.807) is 0 Å². The van der Waals surface area contributed by atoms with Crippen molar-refractivity contribution in [3.8, 4) is 22.5 Å². The SMILES string of the molecule is S=S=S=S=S.c1cc(Nc2cccc(-c3ccc4ccccc4c3)n2)nc(-c2ccc3ccccc3c2)c1. The molecule has 0 fully saturated rings. The van der Waals surface area contributed by atoms with Gasteiger partial charge in [-0.25, -0.2) is 9.97 Å². The molecule has 0 radical (unpaired) electrons. The molecule has 0 aliphatic rings. The Labute approximate surface area is 239 Å². The zero-order valence-corrected chi connectivity index (χ0v) is 24.1. The Hall–Kier alpha value is -3.40. The van der Waals surface area contributed by atoms with E-state index in [4.69, 9.17) is 9.97 Å². The maximum atomic E-state index is 4.84. The van der Waals surface area contributed by atoms with Crippen molar-refractivity contribution in [1.82, 2.24) is 9.97 Å². The number of pyridine rings is 2. The van der Waals surface area contributed by atoms with E-state index in [0.29, 0.717) is 0 Å². The Morgan fingerprint density at radius 1 is 0.474 bits per heavy atom. The highest BCUT2D eigenvalue weighted by molar-refractivity contribution is 8.59. The van der Waals surface area contributed by atoms with Gasteiger partial charge in [-0.2, -0.15) is 0 Å². The average molecular weight is 584 g/mol. The lowest BCUT2D eigenvalue weighted by Crippen LogP contribution is -1.98. The molecule has 186 valence electrons. The minimum atomic E-state index is 0.767. The minimum absolute atomic E-state index is 0.767. The Bertz CT molecular complexity index is 1740. The van der Waals surface area contributed by atoms with Gasteiger partial charge >= 0.3 is 0 Å². The quantitative estimate of drug-likeness (QED) is 0.229. The van der Waals surface area contributed by atoms with Crippen LogP contribution in [0.25, 0.3) is 44.1 Å². The number of nitrogens with zero attached hydrogens (tertiary/aromatic N) is 2. The summed E-state index contributed by atoms with van der Waals surface area (Å²) in [5.41, 5.74) is 4.04. The third kappa shape index (κ3) is 6.53. The second-order valence-corrected chi connectivity index (χ2v) is 13.6. The molecule has 2 aromatic heterocycles. The van der Waals surface area contributed by atoms with Gasteiger partial charge in [0.2, 0.25) is 0 Å². The van der Waals surface area contributed by atoms with Crippen LogP contribution in [0.15, 0.2) is 121 Å². The zero-order valence-electron chi connectivity index (χ0n) is 20.0. The highest BCUT2D eigenvalue weighted by atomic mass is 33.3. The van der Waals surface area contributed by atoms with E-state index in [-0.39, 0.29) is 0 Å². The fourth-order valence-corrected chi connectivity index (χ4v) is 6.91. The fourth-order valence-electron chi connectivity index (χ4n) is 4.17. The standard InChI is InChI=1S/C30H21N3.S5/c1-3-9-23-19-25(17-15-21(23)7-1)27-11-5-13-29(31-27)33-30-14-6-12-28(32-30)26-18-16-22-8-2-4-10-24(22)20-26;1-3-5-4-2/h1-20H,(H,31,32,33);. The first-order valence-electron chi connectivity index (χ1n) is 11.7. The second-order valence-electron chi connectivity index (χ2n) is 8.27. The van der Waals surface area contributed by atoms with Crippen molar-refractivity contribution in [3.63, 3.8) is 0 Å². The van der Waals surface area contributed by atoms with Crippen molar-refractivity contribution < 1.29 is 0 Å². The maximum Gasteiger partial charge on any atom is 0.132 e. The highest BCUT2D eigenvalue weighted by Gasteiger charge is 2.06. The van der Waals surface area contributed by atoms with E-state index in [2.05, 4.69) is 113 Å². The van der Waals surface area contributed by atoms with Crippen LogP contribution >= 0.6 is 0 Å². The molecule has 4 aromatic carbocycles. The van der Waals surface area contributed by atoms with Crippen molar-refractivity contribution >= 4 is 82.2 Å². The summed E-state index contributed by atoms with van der Waals surface area (Å²) in [6, 6.07) is 41.7. The molecule has 38 heavy (non-hydrogen) atoms.